The monoisotopic (exact) mass is 137 g/mol. The number of hydrogen-bond donors (Lipinski definition) is 1. The Bertz CT molecular complexity index is 168. The topological polar surface area (TPSA) is 12.0 Å². The Hall–Kier alpha value is -0.300. The van der Waals surface area contributed by atoms with Gasteiger partial charge in [0, 0.05) is 13.1 Å². The molecule has 0 radical (unpaired) electrons. The summed E-state index contributed by atoms with van der Waals surface area (Å²) in [6.07, 6.45) is 2.86. The van der Waals surface area contributed by atoms with Gasteiger partial charge in [-0.1, -0.05) is 12.2 Å². The molecule has 1 atom stereocenters. The summed E-state index contributed by atoms with van der Waals surface area (Å²) in [6, 6.07) is 0. The molecule has 1 nitrogen and oxygen atoms in total. The summed E-state index contributed by atoms with van der Waals surface area (Å²) < 4.78 is 0. The maximum atomic E-state index is 4.03. The predicted molar refractivity (Wildman–Crippen MR) is 42.8 cm³/mol. The van der Waals surface area contributed by atoms with E-state index in [1.165, 1.54) is 31.5 Å². The van der Waals surface area contributed by atoms with Gasteiger partial charge >= 0.3 is 0 Å². The first-order chi connectivity index (χ1) is 4.75. The van der Waals surface area contributed by atoms with E-state index in [-0.39, 0.29) is 0 Å². The van der Waals surface area contributed by atoms with Crippen molar-refractivity contribution < 1.29 is 0 Å². The first-order valence-electron chi connectivity index (χ1n) is 4.11. The van der Waals surface area contributed by atoms with E-state index in [0.717, 1.165) is 5.92 Å². The minimum atomic E-state index is 0.672. The van der Waals surface area contributed by atoms with Crippen LogP contribution in [0.3, 0.4) is 0 Å². The van der Waals surface area contributed by atoms with Crippen LogP contribution in [-0.2, 0) is 0 Å². The van der Waals surface area contributed by atoms with Gasteiger partial charge in [0.05, 0.1) is 0 Å². The first kappa shape index (κ1) is 6.41. The minimum Gasteiger partial charge on any atom is -0.316 e. The van der Waals surface area contributed by atoms with E-state index >= 15 is 0 Å². The zero-order valence-corrected chi connectivity index (χ0v) is 6.61. The van der Waals surface area contributed by atoms with Gasteiger partial charge in [-0.15, -0.1) is 0 Å². The number of rotatable bonds is 1. The highest BCUT2D eigenvalue weighted by Crippen LogP contribution is 2.55. The maximum absolute atomic E-state index is 4.03. The molecule has 0 aromatic heterocycles. The molecule has 2 fully saturated rings. The average Bonchev–Trinajstić information content (AvgIpc) is 2.42. The Morgan fingerprint density at radius 1 is 1.60 bits per heavy atom. The predicted octanol–water partition coefficient (Wildman–Crippen LogP) is 1.56. The molecular formula is C9H15N. The van der Waals surface area contributed by atoms with E-state index in [1.807, 2.05) is 0 Å². The second-order valence-electron chi connectivity index (χ2n) is 3.89. The summed E-state index contributed by atoms with van der Waals surface area (Å²) in [5.74, 6) is 0.785. The summed E-state index contributed by atoms with van der Waals surface area (Å²) in [7, 11) is 0. The lowest BCUT2D eigenvalue weighted by Crippen LogP contribution is -2.13. The second kappa shape index (κ2) is 1.85. The fourth-order valence-electron chi connectivity index (χ4n) is 2.19. The van der Waals surface area contributed by atoms with Crippen molar-refractivity contribution >= 4 is 0 Å². The van der Waals surface area contributed by atoms with E-state index in [2.05, 4.69) is 18.8 Å². The van der Waals surface area contributed by atoms with Crippen LogP contribution in [0.2, 0.25) is 0 Å². The highest BCUT2D eigenvalue weighted by atomic mass is 15.0. The third kappa shape index (κ3) is 0.734. The van der Waals surface area contributed by atoms with Gasteiger partial charge in [-0.3, -0.25) is 0 Å². The van der Waals surface area contributed by atoms with Crippen LogP contribution in [-0.4, -0.2) is 13.1 Å². The molecule has 1 spiro atoms. The average molecular weight is 137 g/mol. The van der Waals surface area contributed by atoms with Gasteiger partial charge in [-0.25, -0.2) is 0 Å². The lowest BCUT2D eigenvalue weighted by Gasteiger charge is -2.16. The molecule has 56 valence electrons. The molecule has 2 rings (SSSR count). The lowest BCUT2D eigenvalue weighted by atomic mass is 9.88. The van der Waals surface area contributed by atoms with Crippen molar-refractivity contribution in [1.29, 1.82) is 0 Å². The van der Waals surface area contributed by atoms with Crippen molar-refractivity contribution in [3.8, 4) is 0 Å². The van der Waals surface area contributed by atoms with Crippen LogP contribution in [0.25, 0.3) is 0 Å². The second-order valence-corrected chi connectivity index (χ2v) is 3.89. The normalized spacial score (nSPS) is 34.7. The Kier molecular flexibility index (Phi) is 1.19. The quantitative estimate of drug-likeness (QED) is 0.541. The van der Waals surface area contributed by atoms with Gasteiger partial charge in [0.2, 0.25) is 0 Å². The van der Waals surface area contributed by atoms with Gasteiger partial charge in [-0.05, 0) is 31.1 Å². The summed E-state index contributed by atoms with van der Waals surface area (Å²) >= 11 is 0. The van der Waals surface area contributed by atoms with Gasteiger partial charge in [0.1, 0.15) is 0 Å². The van der Waals surface area contributed by atoms with Crippen molar-refractivity contribution in [1.82, 2.24) is 5.32 Å². The highest BCUT2D eigenvalue weighted by Gasteiger charge is 2.51. The third-order valence-electron chi connectivity index (χ3n) is 3.05. The summed E-state index contributed by atoms with van der Waals surface area (Å²) in [4.78, 5) is 0. The van der Waals surface area contributed by atoms with Crippen LogP contribution in [0.5, 0.6) is 0 Å². The standard InChI is InChI=1S/C9H15N/c1-7(2)8-5-10-6-9(8)3-4-9/h8,10H,1,3-6H2,2H3. The molecule has 1 heterocycles. The molecule has 1 unspecified atom stereocenters. The first-order valence-corrected chi connectivity index (χ1v) is 4.11. The van der Waals surface area contributed by atoms with Crippen molar-refractivity contribution in [3.63, 3.8) is 0 Å². The Morgan fingerprint density at radius 3 is 2.70 bits per heavy atom. The Labute approximate surface area is 62.5 Å². The molecule has 2 aliphatic rings. The molecule has 0 amide bonds. The van der Waals surface area contributed by atoms with Crippen LogP contribution in [0.15, 0.2) is 12.2 Å². The van der Waals surface area contributed by atoms with Crippen molar-refractivity contribution in [2.24, 2.45) is 11.3 Å². The van der Waals surface area contributed by atoms with Crippen LogP contribution >= 0.6 is 0 Å². The fourth-order valence-corrected chi connectivity index (χ4v) is 2.19. The third-order valence-corrected chi connectivity index (χ3v) is 3.05. The Balaban J connectivity index is 2.14. The molecule has 10 heavy (non-hydrogen) atoms. The molecule has 0 aromatic carbocycles. The highest BCUT2D eigenvalue weighted by molar-refractivity contribution is 5.15. The summed E-state index contributed by atoms with van der Waals surface area (Å²) in [6.45, 7) is 8.61. The van der Waals surface area contributed by atoms with Crippen molar-refractivity contribution in [3.05, 3.63) is 12.2 Å². The van der Waals surface area contributed by atoms with Crippen molar-refractivity contribution in [2.45, 2.75) is 19.8 Å². The zero-order valence-electron chi connectivity index (χ0n) is 6.61. The molecule has 1 heteroatoms. The smallest absolute Gasteiger partial charge is 0.00227 e. The molecule has 0 aromatic rings. The SMILES string of the molecule is C=C(C)C1CNCC12CC2. The van der Waals surface area contributed by atoms with Gasteiger partial charge in [0.15, 0.2) is 0 Å². The fraction of sp³-hybridized carbons (Fsp3) is 0.778. The summed E-state index contributed by atoms with van der Waals surface area (Å²) in [5, 5.41) is 3.45. The van der Waals surface area contributed by atoms with Gasteiger partial charge < -0.3 is 5.32 Å². The van der Waals surface area contributed by atoms with Crippen molar-refractivity contribution in [2.75, 3.05) is 13.1 Å². The molecule has 1 aliphatic carbocycles. The van der Waals surface area contributed by atoms with Gasteiger partial charge in [0.25, 0.3) is 0 Å². The van der Waals surface area contributed by atoms with Crippen LogP contribution in [0.1, 0.15) is 19.8 Å². The largest absolute Gasteiger partial charge is 0.316 e. The lowest BCUT2D eigenvalue weighted by molar-refractivity contribution is 0.455. The Morgan fingerprint density at radius 2 is 2.30 bits per heavy atom. The van der Waals surface area contributed by atoms with Gasteiger partial charge in [-0.2, -0.15) is 0 Å². The molecule has 0 bridgehead atoms. The zero-order chi connectivity index (χ0) is 7.19. The number of nitrogens with one attached hydrogen (secondary N) is 1. The van der Waals surface area contributed by atoms with E-state index < -0.39 is 0 Å². The van der Waals surface area contributed by atoms with E-state index in [1.54, 1.807) is 0 Å². The molecule has 1 saturated carbocycles. The van der Waals surface area contributed by atoms with E-state index in [9.17, 15) is 0 Å². The number of hydrogen-bond acceptors (Lipinski definition) is 1. The molecule has 1 saturated heterocycles. The molecular weight excluding hydrogens is 122 g/mol. The van der Waals surface area contributed by atoms with E-state index in [4.69, 9.17) is 0 Å². The van der Waals surface area contributed by atoms with Crippen LogP contribution in [0.4, 0.5) is 0 Å². The maximum Gasteiger partial charge on any atom is 0.00227 e. The molecule has 1 aliphatic heterocycles. The van der Waals surface area contributed by atoms with E-state index in [0.29, 0.717) is 5.41 Å². The van der Waals surface area contributed by atoms with Crippen LogP contribution in [0, 0.1) is 11.3 Å². The minimum absolute atomic E-state index is 0.672. The summed E-state index contributed by atoms with van der Waals surface area (Å²) in [5.41, 5.74) is 2.05. The molecule has 1 N–H and O–H groups in total. The van der Waals surface area contributed by atoms with Crippen LogP contribution < -0.4 is 5.32 Å².